The van der Waals surface area contributed by atoms with Gasteiger partial charge in [-0.25, -0.2) is 18.2 Å². The molecule has 1 N–H and O–H groups in total. The van der Waals surface area contributed by atoms with Crippen molar-refractivity contribution in [2.75, 3.05) is 13.7 Å². The summed E-state index contributed by atoms with van der Waals surface area (Å²) < 4.78 is 34.5. The molecule has 2 heterocycles. The second kappa shape index (κ2) is 11.8. The number of pyridine rings is 1. The van der Waals surface area contributed by atoms with Crippen LogP contribution in [-0.2, 0) is 21.2 Å². The van der Waals surface area contributed by atoms with E-state index < -0.39 is 22.0 Å². The summed E-state index contributed by atoms with van der Waals surface area (Å²) in [5.74, 6) is 0.511. The molecule has 4 aromatic rings. The zero-order valence-electron chi connectivity index (χ0n) is 21.8. The van der Waals surface area contributed by atoms with Gasteiger partial charge in [-0.15, -0.1) is 0 Å². The minimum atomic E-state index is -3.83. The second-order valence-corrected chi connectivity index (χ2v) is 12.5. The van der Waals surface area contributed by atoms with Gasteiger partial charge in [-0.05, 0) is 71.1 Å². The van der Waals surface area contributed by atoms with E-state index in [2.05, 4.69) is 30.9 Å². The predicted molar refractivity (Wildman–Crippen MR) is 150 cm³/mol. The lowest BCUT2D eigenvalue weighted by molar-refractivity contribution is 0.0414. The Morgan fingerprint density at radius 1 is 1.11 bits per heavy atom. The van der Waals surface area contributed by atoms with E-state index >= 15 is 0 Å². The van der Waals surface area contributed by atoms with E-state index in [0.29, 0.717) is 22.9 Å². The number of aryl methyl sites for hydroxylation is 1. The van der Waals surface area contributed by atoms with Crippen molar-refractivity contribution in [1.82, 2.24) is 19.3 Å². The summed E-state index contributed by atoms with van der Waals surface area (Å²) in [6, 6.07) is 15.2. The van der Waals surface area contributed by atoms with Crippen molar-refractivity contribution in [2.45, 2.75) is 44.6 Å². The van der Waals surface area contributed by atoms with Crippen LogP contribution in [0.2, 0.25) is 0 Å². The number of fused-ring (bicyclic) bond motifs is 1. The zero-order valence-corrected chi connectivity index (χ0v) is 24.2. The number of hydrogen-bond donors (Lipinski definition) is 1. The normalized spacial score (nSPS) is 12.8. The molecule has 200 valence electrons. The van der Waals surface area contributed by atoms with Crippen LogP contribution in [0.1, 0.15) is 47.7 Å². The number of carbonyl (C=O) groups is 1. The molecular weight excluding hydrogens is 568 g/mol. The SMILES string of the molecule is Cc1nc2c(Cc3ccc(S(=O)(=O)N(C)[C@H](COC(=O)c4ccccc4Br)CC(C)C)cc3)nccc2[nH]1. The van der Waals surface area contributed by atoms with Crippen LogP contribution in [0, 0.1) is 12.8 Å². The van der Waals surface area contributed by atoms with Crippen LogP contribution in [0.5, 0.6) is 0 Å². The fraction of sp³-hybridized carbons (Fsp3) is 0.321. The molecule has 0 saturated heterocycles. The summed E-state index contributed by atoms with van der Waals surface area (Å²) in [6.07, 6.45) is 2.80. The molecule has 0 saturated carbocycles. The molecule has 0 aliphatic carbocycles. The number of hydrogen-bond acceptors (Lipinski definition) is 6. The van der Waals surface area contributed by atoms with E-state index in [1.807, 2.05) is 32.9 Å². The van der Waals surface area contributed by atoms with Gasteiger partial charge in [0.15, 0.2) is 0 Å². The number of aromatic nitrogens is 3. The Kier molecular flexibility index (Phi) is 8.64. The summed E-state index contributed by atoms with van der Waals surface area (Å²) in [5, 5.41) is 0. The molecule has 10 heteroatoms. The summed E-state index contributed by atoms with van der Waals surface area (Å²) in [5.41, 5.74) is 3.88. The van der Waals surface area contributed by atoms with Gasteiger partial charge in [-0.3, -0.25) is 4.98 Å². The molecule has 2 aromatic carbocycles. The van der Waals surface area contributed by atoms with Gasteiger partial charge in [0.2, 0.25) is 10.0 Å². The number of sulfonamides is 1. The fourth-order valence-corrected chi connectivity index (χ4v) is 6.12. The molecule has 0 fully saturated rings. The van der Waals surface area contributed by atoms with Crippen LogP contribution in [0.25, 0.3) is 11.0 Å². The highest BCUT2D eigenvalue weighted by Gasteiger charge is 2.30. The summed E-state index contributed by atoms with van der Waals surface area (Å²) >= 11 is 3.36. The highest BCUT2D eigenvalue weighted by Crippen LogP contribution is 2.24. The number of halogens is 1. The van der Waals surface area contributed by atoms with Gasteiger partial charge in [0.1, 0.15) is 17.9 Å². The lowest BCUT2D eigenvalue weighted by Crippen LogP contribution is -2.41. The van der Waals surface area contributed by atoms with Gasteiger partial charge in [0.05, 0.1) is 27.7 Å². The van der Waals surface area contributed by atoms with Gasteiger partial charge in [-0.2, -0.15) is 4.31 Å². The maximum Gasteiger partial charge on any atom is 0.339 e. The van der Waals surface area contributed by atoms with Crippen molar-refractivity contribution in [3.05, 3.63) is 87.9 Å². The maximum absolute atomic E-state index is 13.5. The third-order valence-electron chi connectivity index (χ3n) is 6.33. The van der Waals surface area contributed by atoms with Gasteiger partial charge in [-0.1, -0.05) is 38.1 Å². The number of esters is 1. The van der Waals surface area contributed by atoms with Crippen LogP contribution in [0.4, 0.5) is 0 Å². The van der Waals surface area contributed by atoms with Crippen molar-refractivity contribution in [2.24, 2.45) is 5.92 Å². The number of benzene rings is 2. The standard InChI is InChI=1S/C28H31BrN4O4S/c1-18(2)15-21(17-37-28(34)23-7-5-6-8-24(23)29)33(4)38(35,36)22-11-9-20(10-12-22)16-26-27-25(13-14-30-26)31-19(3)32-27/h5-14,18,21H,15-17H2,1-4H3,(H,31,32)/t21-/m0/s1. The number of carbonyl (C=O) groups excluding carboxylic acids is 1. The molecule has 0 aliphatic rings. The predicted octanol–water partition coefficient (Wildman–Crippen LogP) is 5.51. The van der Waals surface area contributed by atoms with Crippen LogP contribution >= 0.6 is 15.9 Å². The van der Waals surface area contributed by atoms with Crippen molar-refractivity contribution < 1.29 is 17.9 Å². The van der Waals surface area contributed by atoms with Gasteiger partial charge < -0.3 is 9.72 Å². The summed E-state index contributed by atoms with van der Waals surface area (Å²) in [7, 11) is -2.29. The number of imidazole rings is 1. The van der Waals surface area contributed by atoms with E-state index in [9.17, 15) is 13.2 Å². The lowest BCUT2D eigenvalue weighted by atomic mass is 10.0. The molecule has 4 rings (SSSR count). The number of likely N-dealkylation sites (N-methyl/N-ethyl adjacent to an activating group) is 1. The molecule has 1 atom stereocenters. The van der Waals surface area contributed by atoms with Crippen LogP contribution in [0.3, 0.4) is 0 Å². The van der Waals surface area contributed by atoms with Crippen LogP contribution < -0.4 is 0 Å². The molecule has 8 nitrogen and oxygen atoms in total. The van der Waals surface area contributed by atoms with Crippen molar-refractivity contribution in [3.8, 4) is 0 Å². The van der Waals surface area contributed by atoms with Crippen LogP contribution in [-0.4, -0.2) is 53.3 Å². The summed E-state index contributed by atoms with van der Waals surface area (Å²) in [6.45, 7) is 5.86. The van der Waals surface area contributed by atoms with Crippen molar-refractivity contribution in [1.29, 1.82) is 0 Å². The van der Waals surface area contributed by atoms with E-state index in [4.69, 9.17) is 4.74 Å². The summed E-state index contributed by atoms with van der Waals surface area (Å²) in [4.78, 5) is 25.0. The first-order chi connectivity index (χ1) is 18.1. The first-order valence-corrected chi connectivity index (χ1v) is 14.6. The minimum Gasteiger partial charge on any atom is -0.460 e. The molecule has 0 amide bonds. The number of rotatable bonds is 10. The average Bonchev–Trinajstić information content (AvgIpc) is 3.27. The minimum absolute atomic E-state index is 0.0507. The number of nitrogens with one attached hydrogen (secondary N) is 1. The molecule has 0 radical (unpaired) electrons. The van der Waals surface area contributed by atoms with E-state index in [0.717, 1.165) is 28.1 Å². The third kappa shape index (κ3) is 6.31. The monoisotopic (exact) mass is 598 g/mol. The van der Waals surface area contributed by atoms with E-state index in [1.54, 1.807) is 48.7 Å². The van der Waals surface area contributed by atoms with Crippen LogP contribution in [0.15, 0.2) is 70.2 Å². The highest BCUT2D eigenvalue weighted by atomic mass is 79.9. The topological polar surface area (TPSA) is 105 Å². The molecule has 0 aliphatic heterocycles. The number of aromatic amines is 1. The molecule has 0 bridgehead atoms. The maximum atomic E-state index is 13.5. The number of nitrogens with zero attached hydrogens (tertiary/aromatic N) is 3. The molecule has 38 heavy (non-hydrogen) atoms. The first kappa shape index (κ1) is 27.9. The Balaban J connectivity index is 1.49. The smallest absolute Gasteiger partial charge is 0.339 e. The second-order valence-electron chi connectivity index (χ2n) is 9.68. The molecule has 0 spiro atoms. The Hall–Kier alpha value is -3.08. The molecular formula is C28H31BrN4O4S. The molecule has 0 unspecified atom stereocenters. The Bertz CT molecular complexity index is 1530. The molecule has 2 aromatic heterocycles. The van der Waals surface area contributed by atoms with Gasteiger partial charge in [0.25, 0.3) is 0 Å². The van der Waals surface area contributed by atoms with Crippen molar-refractivity contribution in [3.63, 3.8) is 0 Å². The Morgan fingerprint density at radius 2 is 1.82 bits per heavy atom. The fourth-order valence-electron chi connectivity index (χ4n) is 4.32. The largest absolute Gasteiger partial charge is 0.460 e. The Morgan fingerprint density at radius 3 is 2.50 bits per heavy atom. The number of ether oxygens (including phenoxy) is 1. The van der Waals surface area contributed by atoms with E-state index in [-0.39, 0.29) is 17.4 Å². The van der Waals surface area contributed by atoms with Gasteiger partial charge in [0, 0.05) is 24.1 Å². The average molecular weight is 600 g/mol. The number of H-pyrrole nitrogens is 1. The zero-order chi connectivity index (χ0) is 27.4. The third-order valence-corrected chi connectivity index (χ3v) is 8.94. The van der Waals surface area contributed by atoms with E-state index in [1.165, 1.54) is 11.4 Å². The van der Waals surface area contributed by atoms with Gasteiger partial charge >= 0.3 is 5.97 Å². The quantitative estimate of drug-likeness (QED) is 0.241. The Labute approximate surface area is 231 Å². The lowest BCUT2D eigenvalue weighted by Gasteiger charge is -2.28. The first-order valence-electron chi connectivity index (χ1n) is 12.3. The van der Waals surface area contributed by atoms with Crippen molar-refractivity contribution >= 4 is 43.0 Å². The highest BCUT2D eigenvalue weighted by molar-refractivity contribution is 9.10.